The highest BCUT2D eigenvalue weighted by Gasteiger charge is 2.10. The van der Waals surface area contributed by atoms with Crippen LogP contribution in [-0.4, -0.2) is 0 Å². The zero-order valence-corrected chi connectivity index (χ0v) is 11.5. The van der Waals surface area contributed by atoms with Gasteiger partial charge in [0.15, 0.2) is 11.6 Å². The molecule has 0 spiro atoms. The normalized spacial score (nSPS) is 12.4. The van der Waals surface area contributed by atoms with E-state index in [9.17, 15) is 8.78 Å². The highest BCUT2D eigenvalue weighted by molar-refractivity contribution is 9.09. The Kier molecular flexibility index (Phi) is 4.12. The molecule has 0 bridgehead atoms. The minimum absolute atomic E-state index is 0.0993. The maximum absolute atomic E-state index is 13.1. The summed E-state index contributed by atoms with van der Waals surface area (Å²) >= 11 is 3.58. The van der Waals surface area contributed by atoms with Crippen LogP contribution in [0.3, 0.4) is 0 Å². The minimum atomic E-state index is -0.805. The Morgan fingerprint density at radius 2 is 1.83 bits per heavy atom. The van der Waals surface area contributed by atoms with Gasteiger partial charge in [0.2, 0.25) is 0 Å². The molecule has 2 aromatic rings. The van der Waals surface area contributed by atoms with Crippen molar-refractivity contribution in [3.63, 3.8) is 0 Å². The van der Waals surface area contributed by atoms with Gasteiger partial charge in [0, 0.05) is 4.83 Å². The quantitative estimate of drug-likeness (QED) is 0.703. The van der Waals surface area contributed by atoms with Gasteiger partial charge in [-0.05, 0) is 36.6 Å². The highest BCUT2D eigenvalue weighted by atomic mass is 79.9. The van der Waals surface area contributed by atoms with Crippen molar-refractivity contribution in [2.45, 2.75) is 18.2 Å². The van der Waals surface area contributed by atoms with Crippen LogP contribution in [0.2, 0.25) is 0 Å². The lowest BCUT2D eigenvalue weighted by Gasteiger charge is -2.11. The van der Waals surface area contributed by atoms with E-state index in [1.54, 1.807) is 6.07 Å². The van der Waals surface area contributed by atoms with E-state index < -0.39 is 11.6 Å². The molecular weight excluding hydrogens is 298 g/mol. The Labute approximate surface area is 114 Å². The van der Waals surface area contributed by atoms with E-state index in [2.05, 4.69) is 22.0 Å². The first kappa shape index (κ1) is 13.2. The average Bonchev–Trinajstić information content (AvgIpc) is 2.34. The van der Waals surface area contributed by atoms with Crippen LogP contribution in [0, 0.1) is 18.6 Å². The van der Waals surface area contributed by atoms with Gasteiger partial charge in [-0.25, -0.2) is 8.78 Å². The van der Waals surface area contributed by atoms with Gasteiger partial charge in [0.25, 0.3) is 0 Å². The van der Waals surface area contributed by atoms with Crippen LogP contribution in [0.25, 0.3) is 0 Å². The van der Waals surface area contributed by atoms with Crippen molar-refractivity contribution >= 4 is 15.9 Å². The predicted molar refractivity (Wildman–Crippen MR) is 72.9 cm³/mol. The molecule has 0 N–H and O–H groups in total. The van der Waals surface area contributed by atoms with Gasteiger partial charge in [-0.1, -0.05) is 51.8 Å². The van der Waals surface area contributed by atoms with Crippen molar-refractivity contribution in [2.24, 2.45) is 0 Å². The van der Waals surface area contributed by atoms with E-state index in [1.165, 1.54) is 17.7 Å². The van der Waals surface area contributed by atoms with Gasteiger partial charge >= 0.3 is 0 Å². The maximum Gasteiger partial charge on any atom is 0.159 e. The molecule has 0 heterocycles. The van der Waals surface area contributed by atoms with E-state index in [1.807, 2.05) is 25.1 Å². The molecule has 1 unspecified atom stereocenters. The van der Waals surface area contributed by atoms with Crippen LogP contribution in [0.1, 0.15) is 21.5 Å². The summed E-state index contributed by atoms with van der Waals surface area (Å²) in [6, 6.07) is 12.2. The van der Waals surface area contributed by atoms with Crippen molar-refractivity contribution in [1.82, 2.24) is 0 Å². The van der Waals surface area contributed by atoms with Crippen molar-refractivity contribution < 1.29 is 8.78 Å². The van der Waals surface area contributed by atoms with Gasteiger partial charge in [0.05, 0.1) is 0 Å². The molecule has 0 radical (unpaired) electrons. The molecule has 0 aliphatic heterocycles. The smallest absolute Gasteiger partial charge is 0.159 e. The Bertz CT molecular complexity index is 552. The average molecular weight is 311 g/mol. The summed E-state index contributed by atoms with van der Waals surface area (Å²) in [4.78, 5) is 0.0993. The second-order valence-electron chi connectivity index (χ2n) is 4.33. The van der Waals surface area contributed by atoms with E-state index >= 15 is 0 Å². The fourth-order valence-electron chi connectivity index (χ4n) is 1.86. The molecule has 0 saturated heterocycles. The summed E-state index contributed by atoms with van der Waals surface area (Å²) in [5.74, 6) is -1.60. The number of hydrogen-bond donors (Lipinski definition) is 0. The summed E-state index contributed by atoms with van der Waals surface area (Å²) in [5.41, 5.74) is 3.10. The molecule has 0 saturated carbocycles. The van der Waals surface area contributed by atoms with Crippen LogP contribution >= 0.6 is 15.9 Å². The molecular formula is C15H13BrF2. The standard InChI is InChI=1S/C15H13BrF2/c1-10-3-2-4-12(7-10)13(16)8-11-5-6-14(17)15(18)9-11/h2-7,9,13H,8H2,1H3. The Morgan fingerprint density at radius 3 is 2.50 bits per heavy atom. The lowest BCUT2D eigenvalue weighted by atomic mass is 10.0. The van der Waals surface area contributed by atoms with Gasteiger partial charge in [0.1, 0.15) is 0 Å². The molecule has 94 valence electrons. The Hall–Kier alpha value is -1.22. The summed E-state index contributed by atoms with van der Waals surface area (Å²) in [7, 11) is 0. The van der Waals surface area contributed by atoms with Crippen LogP contribution in [-0.2, 0) is 6.42 Å². The van der Waals surface area contributed by atoms with Crippen LogP contribution in [0.5, 0.6) is 0 Å². The number of benzene rings is 2. The number of rotatable bonds is 3. The molecule has 0 amide bonds. The Balaban J connectivity index is 2.16. The monoisotopic (exact) mass is 310 g/mol. The molecule has 1 atom stereocenters. The molecule has 2 rings (SSSR count). The third-order valence-corrected chi connectivity index (χ3v) is 3.66. The van der Waals surface area contributed by atoms with Gasteiger partial charge < -0.3 is 0 Å². The van der Waals surface area contributed by atoms with Crippen molar-refractivity contribution in [3.8, 4) is 0 Å². The van der Waals surface area contributed by atoms with Crippen LogP contribution in [0.4, 0.5) is 8.78 Å². The molecule has 3 heteroatoms. The van der Waals surface area contributed by atoms with Crippen molar-refractivity contribution in [3.05, 3.63) is 70.8 Å². The number of hydrogen-bond acceptors (Lipinski definition) is 0. The maximum atomic E-state index is 13.1. The first-order valence-corrected chi connectivity index (χ1v) is 6.62. The van der Waals surface area contributed by atoms with E-state index in [0.29, 0.717) is 6.42 Å². The molecule has 0 fully saturated rings. The fraction of sp³-hybridized carbons (Fsp3) is 0.200. The molecule has 0 aliphatic rings. The van der Waals surface area contributed by atoms with Gasteiger partial charge in [-0.2, -0.15) is 0 Å². The SMILES string of the molecule is Cc1cccc(C(Br)Cc2ccc(F)c(F)c2)c1. The second-order valence-corrected chi connectivity index (χ2v) is 5.44. The van der Waals surface area contributed by atoms with E-state index in [-0.39, 0.29) is 4.83 Å². The van der Waals surface area contributed by atoms with E-state index in [4.69, 9.17) is 0 Å². The fourth-order valence-corrected chi connectivity index (χ4v) is 2.51. The van der Waals surface area contributed by atoms with E-state index in [0.717, 1.165) is 11.1 Å². The van der Waals surface area contributed by atoms with Crippen molar-refractivity contribution in [2.75, 3.05) is 0 Å². The zero-order valence-electron chi connectivity index (χ0n) is 9.96. The minimum Gasteiger partial charge on any atom is -0.204 e. The molecule has 0 aromatic heterocycles. The summed E-state index contributed by atoms with van der Waals surface area (Å²) in [6.45, 7) is 2.03. The number of halogens is 3. The third-order valence-electron chi connectivity index (χ3n) is 2.80. The van der Waals surface area contributed by atoms with Crippen molar-refractivity contribution in [1.29, 1.82) is 0 Å². The number of aryl methyl sites for hydroxylation is 1. The molecule has 0 nitrogen and oxygen atoms in total. The molecule has 2 aromatic carbocycles. The third kappa shape index (κ3) is 3.16. The Morgan fingerprint density at radius 1 is 1.06 bits per heavy atom. The molecule has 0 aliphatic carbocycles. The van der Waals surface area contributed by atoms with Crippen LogP contribution in [0.15, 0.2) is 42.5 Å². The lowest BCUT2D eigenvalue weighted by molar-refractivity contribution is 0.507. The first-order chi connectivity index (χ1) is 8.56. The van der Waals surface area contributed by atoms with Gasteiger partial charge in [-0.3, -0.25) is 0 Å². The predicted octanol–water partition coefficient (Wildman–Crippen LogP) is 4.95. The topological polar surface area (TPSA) is 0 Å². The van der Waals surface area contributed by atoms with Gasteiger partial charge in [-0.15, -0.1) is 0 Å². The number of alkyl halides is 1. The lowest BCUT2D eigenvalue weighted by Crippen LogP contribution is -1.97. The first-order valence-electron chi connectivity index (χ1n) is 5.71. The largest absolute Gasteiger partial charge is 0.204 e. The summed E-state index contributed by atoms with van der Waals surface area (Å²) < 4.78 is 25.9. The summed E-state index contributed by atoms with van der Waals surface area (Å²) in [5, 5.41) is 0. The highest BCUT2D eigenvalue weighted by Crippen LogP contribution is 2.28. The van der Waals surface area contributed by atoms with Crippen LogP contribution < -0.4 is 0 Å². The second kappa shape index (κ2) is 5.61. The molecule has 18 heavy (non-hydrogen) atoms. The summed E-state index contributed by atoms with van der Waals surface area (Å²) in [6.07, 6.45) is 0.626. The zero-order chi connectivity index (χ0) is 13.1.